The van der Waals surface area contributed by atoms with Crippen LogP contribution < -0.4 is 10.2 Å². The molecule has 2 unspecified atom stereocenters. The topological polar surface area (TPSA) is 88.3 Å². The van der Waals surface area contributed by atoms with Crippen molar-refractivity contribution in [3.05, 3.63) is 47.7 Å². The van der Waals surface area contributed by atoms with Gasteiger partial charge in [0.1, 0.15) is 0 Å². The maximum Gasteiger partial charge on any atom is 0.225 e. The molecule has 1 aliphatic heterocycles. The summed E-state index contributed by atoms with van der Waals surface area (Å²) >= 11 is 1.76. The van der Waals surface area contributed by atoms with Gasteiger partial charge in [0.2, 0.25) is 11.9 Å². The summed E-state index contributed by atoms with van der Waals surface area (Å²) in [6.07, 6.45) is 6.63. The fraction of sp³-hybridized carbons (Fsp3) is 0.500. The maximum absolute atomic E-state index is 13.3. The van der Waals surface area contributed by atoms with Crippen LogP contribution in [0.5, 0.6) is 0 Å². The number of fused-ring (bicyclic) bond motifs is 1. The molecule has 3 aromatic heterocycles. The molecule has 0 bridgehead atoms. The number of carbonyl (C=O) groups excluding carboxylic acids is 1. The molecule has 1 fully saturated rings. The van der Waals surface area contributed by atoms with Crippen LogP contribution in [0.15, 0.2) is 30.5 Å². The van der Waals surface area contributed by atoms with Crippen LogP contribution in [0.2, 0.25) is 0 Å². The van der Waals surface area contributed by atoms with Crippen molar-refractivity contribution in [1.29, 1.82) is 0 Å². The fourth-order valence-electron chi connectivity index (χ4n) is 4.11. The van der Waals surface area contributed by atoms with Gasteiger partial charge in [-0.2, -0.15) is 11.8 Å². The summed E-state index contributed by atoms with van der Waals surface area (Å²) < 4.78 is 1.96. The van der Waals surface area contributed by atoms with E-state index < -0.39 is 0 Å². The summed E-state index contributed by atoms with van der Waals surface area (Å²) in [5, 5.41) is 11.9. The zero-order valence-corrected chi connectivity index (χ0v) is 19.1. The van der Waals surface area contributed by atoms with Crippen LogP contribution in [0.25, 0.3) is 5.65 Å². The van der Waals surface area contributed by atoms with Gasteiger partial charge in [-0.3, -0.25) is 9.20 Å². The lowest BCUT2D eigenvalue weighted by atomic mass is 9.96. The van der Waals surface area contributed by atoms with Gasteiger partial charge in [-0.1, -0.05) is 6.07 Å². The molecule has 4 heterocycles. The fourth-order valence-corrected chi connectivity index (χ4v) is 4.58. The van der Waals surface area contributed by atoms with Crippen molar-refractivity contribution in [1.82, 2.24) is 29.9 Å². The molecule has 0 radical (unpaired) electrons. The van der Waals surface area contributed by atoms with Gasteiger partial charge in [-0.25, -0.2) is 9.97 Å². The molecule has 0 aromatic carbocycles. The van der Waals surface area contributed by atoms with E-state index >= 15 is 0 Å². The highest BCUT2D eigenvalue weighted by Gasteiger charge is 2.30. The third-order valence-electron chi connectivity index (χ3n) is 5.62. The summed E-state index contributed by atoms with van der Waals surface area (Å²) in [6.45, 7) is 5.46. The standard InChI is InChI=1S/C22H29N7OS/c1-15-13-16(2)24-22(23-15)28-10-6-7-17(14-28)21(30)25-18(9-12-31-3)20-27-26-19-8-4-5-11-29(19)20/h4-5,8,11,13,17-18H,6-7,9-10,12,14H2,1-3H3,(H,25,30). The summed E-state index contributed by atoms with van der Waals surface area (Å²) in [4.78, 5) is 24.6. The first-order valence-corrected chi connectivity index (χ1v) is 12.1. The number of thioether (sulfide) groups is 1. The normalized spacial score (nSPS) is 17.6. The van der Waals surface area contributed by atoms with Crippen molar-refractivity contribution in [2.75, 3.05) is 30.0 Å². The lowest BCUT2D eigenvalue weighted by Crippen LogP contribution is -2.45. The number of amides is 1. The molecule has 31 heavy (non-hydrogen) atoms. The smallest absolute Gasteiger partial charge is 0.225 e. The van der Waals surface area contributed by atoms with Crippen molar-refractivity contribution in [2.24, 2.45) is 5.92 Å². The molecule has 1 aliphatic rings. The first-order chi connectivity index (χ1) is 15.0. The zero-order chi connectivity index (χ0) is 21.8. The summed E-state index contributed by atoms with van der Waals surface area (Å²) in [7, 11) is 0. The van der Waals surface area contributed by atoms with E-state index in [4.69, 9.17) is 0 Å². The van der Waals surface area contributed by atoms with E-state index in [1.807, 2.05) is 48.7 Å². The Morgan fingerprint density at radius 1 is 1.26 bits per heavy atom. The summed E-state index contributed by atoms with van der Waals surface area (Å²) in [5.74, 6) is 2.39. The van der Waals surface area contributed by atoms with E-state index in [1.165, 1.54) is 0 Å². The third-order valence-corrected chi connectivity index (χ3v) is 6.27. The largest absolute Gasteiger partial charge is 0.346 e. The summed E-state index contributed by atoms with van der Waals surface area (Å²) in [5.41, 5.74) is 2.69. The number of hydrogen-bond acceptors (Lipinski definition) is 7. The highest BCUT2D eigenvalue weighted by atomic mass is 32.2. The number of anilines is 1. The van der Waals surface area contributed by atoms with Crippen LogP contribution >= 0.6 is 11.8 Å². The molecule has 0 saturated carbocycles. The predicted octanol–water partition coefficient (Wildman–Crippen LogP) is 2.96. The number of aromatic nitrogens is 5. The number of nitrogens with one attached hydrogen (secondary N) is 1. The van der Waals surface area contributed by atoms with E-state index in [0.717, 1.165) is 60.4 Å². The minimum Gasteiger partial charge on any atom is -0.346 e. The number of nitrogens with zero attached hydrogens (tertiary/aromatic N) is 6. The molecule has 1 N–H and O–H groups in total. The first-order valence-electron chi connectivity index (χ1n) is 10.7. The quantitative estimate of drug-likeness (QED) is 0.605. The maximum atomic E-state index is 13.3. The lowest BCUT2D eigenvalue weighted by molar-refractivity contribution is -0.126. The molecule has 164 valence electrons. The highest BCUT2D eigenvalue weighted by molar-refractivity contribution is 7.98. The molecule has 0 spiro atoms. The highest BCUT2D eigenvalue weighted by Crippen LogP contribution is 2.24. The average Bonchev–Trinajstić information content (AvgIpc) is 3.20. The Morgan fingerprint density at radius 2 is 2.06 bits per heavy atom. The van der Waals surface area contributed by atoms with E-state index in [9.17, 15) is 4.79 Å². The Hall–Kier alpha value is -2.68. The van der Waals surface area contributed by atoms with Crippen LogP contribution in [0.4, 0.5) is 5.95 Å². The Balaban J connectivity index is 1.50. The minimum absolute atomic E-state index is 0.0628. The van der Waals surface area contributed by atoms with Crippen LogP contribution in [0, 0.1) is 19.8 Å². The van der Waals surface area contributed by atoms with Crippen molar-refractivity contribution in [2.45, 2.75) is 39.2 Å². The molecule has 0 aliphatic carbocycles. The number of piperidine rings is 1. The molecule has 3 aromatic rings. The third kappa shape index (κ3) is 4.98. The number of pyridine rings is 1. The molecule has 9 heteroatoms. The summed E-state index contributed by atoms with van der Waals surface area (Å²) in [6, 6.07) is 7.61. The Kier molecular flexibility index (Phi) is 6.70. The molecular weight excluding hydrogens is 410 g/mol. The van der Waals surface area contributed by atoms with Crippen molar-refractivity contribution < 1.29 is 4.79 Å². The molecule has 8 nitrogen and oxygen atoms in total. The van der Waals surface area contributed by atoms with E-state index in [0.29, 0.717) is 6.54 Å². The van der Waals surface area contributed by atoms with Gasteiger partial charge in [0.25, 0.3) is 0 Å². The van der Waals surface area contributed by atoms with Gasteiger partial charge in [-0.15, -0.1) is 10.2 Å². The average molecular weight is 440 g/mol. The first kappa shape index (κ1) is 21.5. The van der Waals surface area contributed by atoms with Gasteiger partial charge in [0, 0.05) is 30.7 Å². The molecule has 4 rings (SSSR count). The Bertz CT molecular complexity index is 1030. The van der Waals surface area contributed by atoms with Gasteiger partial charge < -0.3 is 10.2 Å². The molecule has 2 atom stereocenters. The van der Waals surface area contributed by atoms with Crippen molar-refractivity contribution in [3.63, 3.8) is 0 Å². The second-order valence-electron chi connectivity index (χ2n) is 8.07. The number of carbonyl (C=O) groups is 1. The van der Waals surface area contributed by atoms with Crippen LogP contribution in [0.3, 0.4) is 0 Å². The van der Waals surface area contributed by atoms with Crippen LogP contribution in [-0.2, 0) is 4.79 Å². The SMILES string of the molecule is CSCCC(NC(=O)C1CCCN(c2nc(C)cc(C)n2)C1)c1nnc2ccccn12. The Labute approximate surface area is 186 Å². The van der Waals surface area contributed by atoms with Crippen molar-refractivity contribution in [3.8, 4) is 0 Å². The second kappa shape index (κ2) is 9.64. The number of rotatable bonds is 7. The minimum atomic E-state index is -0.176. The molecule has 1 saturated heterocycles. The van der Waals surface area contributed by atoms with Gasteiger partial charge in [0.15, 0.2) is 11.5 Å². The van der Waals surface area contributed by atoms with E-state index in [-0.39, 0.29) is 17.9 Å². The van der Waals surface area contributed by atoms with E-state index in [2.05, 4.69) is 36.6 Å². The predicted molar refractivity (Wildman–Crippen MR) is 123 cm³/mol. The van der Waals surface area contributed by atoms with Crippen LogP contribution in [-0.4, -0.2) is 55.6 Å². The van der Waals surface area contributed by atoms with Gasteiger partial charge in [0.05, 0.1) is 12.0 Å². The Morgan fingerprint density at radius 3 is 2.84 bits per heavy atom. The van der Waals surface area contributed by atoms with E-state index in [1.54, 1.807) is 11.8 Å². The molecule has 1 amide bonds. The number of aryl methyl sites for hydroxylation is 2. The molecular formula is C22H29N7OS. The van der Waals surface area contributed by atoms with Crippen LogP contribution in [0.1, 0.15) is 42.5 Å². The lowest BCUT2D eigenvalue weighted by Gasteiger charge is -2.33. The zero-order valence-electron chi connectivity index (χ0n) is 18.3. The number of hydrogen-bond donors (Lipinski definition) is 1. The van der Waals surface area contributed by atoms with Crippen molar-refractivity contribution >= 4 is 29.3 Å². The van der Waals surface area contributed by atoms with Gasteiger partial charge in [-0.05, 0) is 63.3 Å². The monoisotopic (exact) mass is 439 g/mol. The van der Waals surface area contributed by atoms with Gasteiger partial charge >= 0.3 is 0 Å². The second-order valence-corrected chi connectivity index (χ2v) is 9.05.